The van der Waals surface area contributed by atoms with Gasteiger partial charge >= 0.3 is 6.03 Å². The van der Waals surface area contributed by atoms with E-state index in [1.165, 1.54) is 5.56 Å². The van der Waals surface area contributed by atoms with E-state index in [-0.39, 0.29) is 6.03 Å². The normalized spacial score (nSPS) is 14.4. The number of aryl methyl sites for hydroxylation is 1. The Morgan fingerprint density at radius 2 is 1.69 bits per heavy atom. The number of anilines is 1. The molecular weight excluding hydrogens is 369 g/mol. The molecular formula is C20H23Cl2N3O. The highest BCUT2D eigenvalue weighted by atomic mass is 35.5. The van der Waals surface area contributed by atoms with Crippen molar-refractivity contribution in [3.05, 3.63) is 64.1 Å². The number of benzene rings is 2. The molecule has 1 heterocycles. The first kappa shape index (κ1) is 18.9. The van der Waals surface area contributed by atoms with Gasteiger partial charge in [-0.3, -0.25) is 0 Å². The highest BCUT2D eigenvalue weighted by molar-refractivity contribution is 6.43. The predicted octanol–water partition coefficient (Wildman–Crippen LogP) is 4.46. The molecule has 0 aliphatic carbocycles. The van der Waals surface area contributed by atoms with Crippen LogP contribution >= 0.6 is 23.2 Å². The van der Waals surface area contributed by atoms with Gasteiger partial charge in [-0.05, 0) is 30.5 Å². The SMILES string of the molecule is O=C(NCCCc1ccccc1)N1CCN(c2cccc(Cl)c2Cl)CC1. The van der Waals surface area contributed by atoms with Gasteiger partial charge in [0.15, 0.2) is 0 Å². The van der Waals surface area contributed by atoms with E-state index in [1.54, 1.807) is 6.07 Å². The third kappa shape index (κ3) is 4.83. The second-order valence-electron chi connectivity index (χ2n) is 6.37. The number of piperazine rings is 1. The van der Waals surface area contributed by atoms with Gasteiger partial charge in [0.1, 0.15) is 0 Å². The summed E-state index contributed by atoms with van der Waals surface area (Å²) < 4.78 is 0. The maximum Gasteiger partial charge on any atom is 0.317 e. The largest absolute Gasteiger partial charge is 0.367 e. The molecule has 0 saturated carbocycles. The lowest BCUT2D eigenvalue weighted by Crippen LogP contribution is -2.52. The Morgan fingerprint density at radius 1 is 0.962 bits per heavy atom. The Kier molecular flexibility index (Phi) is 6.64. The van der Waals surface area contributed by atoms with Crippen molar-refractivity contribution in [2.24, 2.45) is 0 Å². The first-order valence-corrected chi connectivity index (χ1v) is 9.66. The van der Waals surface area contributed by atoms with E-state index in [0.29, 0.717) is 29.7 Å². The Labute approximate surface area is 164 Å². The fourth-order valence-corrected chi connectivity index (χ4v) is 3.55. The lowest BCUT2D eigenvalue weighted by atomic mass is 10.1. The van der Waals surface area contributed by atoms with Crippen molar-refractivity contribution < 1.29 is 4.79 Å². The first-order chi connectivity index (χ1) is 12.6. The van der Waals surface area contributed by atoms with Crippen molar-refractivity contribution in [2.45, 2.75) is 12.8 Å². The van der Waals surface area contributed by atoms with E-state index < -0.39 is 0 Å². The van der Waals surface area contributed by atoms with Gasteiger partial charge in [0.2, 0.25) is 0 Å². The summed E-state index contributed by atoms with van der Waals surface area (Å²) in [6.07, 6.45) is 1.91. The van der Waals surface area contributed by atoms with Gasteiger partial charge in [-0.2, -0.15) is 0 Å². The van der Waals surface area contributed by atoms with Gasteiger partial charge in [-0.1, -0.05) is 59.6 Å². The topological polar surface area (TPSA) is 35.6 Å². The van der Waals surface area contributed by atoms with Crippen LogP contribution in [0.3, 0.4) is 0 Å². The lowest BCUT2D eigenvalue weighted by Gasteiger charge is -2.36. The Morgan fingerprint density at radius 3 is 2.42 bits per heavy atom. The molecule has 26 heavy (non-hydrogen) atoms. The molecule has 0 atom stereocenters. The van der Waals surface area contributed by atoms with Crippen LogP contribution in [-0.4, -0.2) is 43.7 Å². The molecule has 2 aromatic carbocycles. The number of halogens is 2. The summed E-state index contributed by atoms with van der Waals surface area (Å²) in [5, 5.41) is 4.15. The Bertz CT molecular complexity index is 731. The minimum absolute atomic E-state index is 0.00917. The number of nitrogens with one attached hydrogen (secondary N) is 1. The average Bonchev–Trinajstić information content (AvgIpc) is 2.68. The highest BCUT2D eigenvalue weighted by Gasteiger charge is 2.22. The van der Waals surface area contributed by atoms with Crippen LogP contribution in [0.1, 0.15) is 12.0 Å². The average molecular weight is 392 g/mol. The fourth-order valence-electron chi connectivity index (χ4n) is 3.13. The van der Waals surface area contributed by atoms with E-state index in [1.807, 2.05) is 35.2 Å². The molecule has 1 fully saturated rings. The van der Waals surface area contributed by atoms with E-state index >= 15 is 0 Å². The van der Waals surface area contributed by atoms with Gasteiger partial charge in [0, 0.05) is 32.7 Å². The quantitative estimate of drug-likeness (QED) is 0.763. The number of amides is 2. The molecule has 0 unspecified atom stereocenters. The number of carbonyl (C=O) groups excluding carboxylic acids is 1. The second kappa shape index (κ2) is 9.15. The van der Waals surface area contributed by atoms with Crippen LogP contribution in [0.15, 0.2) is 48.5 Å². The summed E-state index contributed by atoms with van der Waals surface area (Å²) in [4.78, 5) is 16.4. The number of urea groups is 1. The van der Waals surface area contributed by atoms with Gasteiger partial charge in [-0.25, -0.2) is 4.79 Å². The van der Waals surface area contributed by atoms with Gasteiger partial charge < -0.3 is 15.1 Å². The molecule has 3 rings (SSSR count). The van der Waals surface area contributed by atoms with Crippen molar-refractivity contribution in [3.8, 4) is 0 Å². The number of hydrogen-bond donors (Lipinski definition) is 1. The van der Waals surface area contributed by atoms with E-state index in [9.17, 15) is 4.79 Å². The zero-order valence-corrected chi connectivity index (χ0v) is 16.1. The highest BCUT2D eigenvalue weighted by Crippen LogP contribution is 2.32. The van der Waals surface area contributed by atoms with Crippen molar-refractivity contribution in [1.82, 2.24) is 10.2 Å². The molecule has 138 valence electrons. The molecule has 1 aliphatic rings. The molecule has 0 aromatic heterocycles. The summed E-state index contributed by atoms with van der Waals surface area (Å²) >= 11 is 12.4. The zero-order valence-electron chi connectivity index (χ0n) is 14.6. The maximum atomic E-state index is 12.3. The molecule has 0 bridgehead atoms. The van der Waals surface area contributed by atoms with Gasteiger partial charge in [0.05, 0.1) is 15.7 Å². The van der Waals surface area contributed by atoms with Crippen LogP contribution in [0, 0.1) is 0 Å². The van der Waals surface area contributed by atoms with Crippen LogP contribution in [0.2, 0.25) is 10.0 Å². The minimum Gasteiger partial charge on any atom is -0.367 e. The maximum absolute atomic E-state index is 12.3. The standard InChI is InChI=1S/C20H23Cl2N3O/c21-17-9-4-10-18(19(17)22)24-12-14-25(15-13-24)20(26)23-11-5-8-16-6-2-1-3-7-16/h1-4,6-7,9-10H,5,8,11-15H2,(H,23,26). The van der Waals surface area contributed by atoms with Crippen LogP contribution in [0.4, 0.5) is 10.5 Å². The van der Waals surface area contributed by atoms with Crippen molar-refractivity contribution >= 4 is 34.9 Å². The van der Waals surface area contributed by atoms with Crippen LogP contribution < -0.4 is 10.2 Å². The summed E-state index contributed by atoms with van der Waals surface area (Å²) in [5.41, 5.74) is 2.23. The number of rotatable bonds is 5. The molecule has 2 aromatic rings. The van der Waals surface area contributed by atoms with Gasteiger partial charge in [-0.15, -0.1) is 0 Å². The Hall–Kier alpha value is -1.91. The van der Waals surface area contributed by atoms with Crippen LogP contribution in [-0.2, 0) is 6.42 Å². The molecule has 0 radical (unpaired) electrons. The van der Waals surface area contributed by atoms with Crippen LogP contribution in [0.25, 0.3) is 0 Å². The summed E-state index contributed by atoms with van der Waals surface area (Å²) in [5.74, 6) is 0. The predicted molar refractivity (Wildman–Crippen MR) is 108 cm³/mol. The van der Waals surface area contributed by atoms with E-state index in [4.69, 9.17) is 23.2 Å². The first-order valence-electron chi connectivity index (χ1n) is 8.91. The molecule has 2 amide bonds. The summed E-state index contributed by atoms with van der Waals surface area (Å²) in [6.45, 7) is 3.53. The second-order valence-corrected chi connectivity index (χ2v) is 7.15. The summed E-state index contributed by atoms with van der Waals surface area (Å²) in [6, 6.07) is 16.0. The number of nitrogens with zero attached hydrogens (tertiary/aromatic N) is 2. The number of hydrogen-bond acceptors (Lipinski definition) is 2. The van der Waals surface area contributed by atoms with E-state index in [2.05, 4.69) is 22.3 Å². The monoisotopic (exact) mass is 391 g/mol. The Balaban J connectivity index is 1.41. The summed E-state index contributed by atoms with van der Waals surface area (Å²) in [7, 11) is 0. The minimum atomic E-state index is 0.00917. The fraction of sp³-hybridized carbons (Fsp3) is 0.350. The van der Waals surface area contributed by atoms with Crippen molar-refractivity contribution in [1.29, 1.82) is 0 Å². The van der Waals surface area contributed by atoms with Crippen molar-refractivity contribution in [3.63, 3.8) is 0 Å². The smallest absolute Gasteiger partial charge is 0.317 e. The third-order valence-electron chi connectivity index (χ3n) is 4.60. The molecule has 1 saturated heterocycles. The zero-order chi connectivity index (χ0) is 18.4. The molecule has 6 heteroatoms. The van der Waals surface area contributed by atoms with E-state index in [0.717, 1.165) is 31.6 Å². The molecule has 0 spiro atoms. The van der Waals surface area contributed by atoms with Crippen molar-refractivity contribution in [2.75, 3.05) is 37.6 Å². The molecule has 4 nitrogen and oxygen atoms in total. The molecule has 1 aliphatic heterocycles. The van der Waals surface area contributed by atoms with Crippen LogP contribution in [0.5, 0.6) is 0 Å². The lowest BCUT2D eigenvalue weighted by molar-refractivity contribution is 0.194. The number of carbonyl (C=O) groups is 1. The van der Waals surface area contributed by atoms with Gasteiger partial charge in [0.25, 0.3) is 0 Å². The third-order valence-corrected chi connectivity index (χ3v) is 5.41. The molecule has 1 N–H and O–H groups in total.